The summed E-state index contributed by atoms with van der Waals surface area (Å²) in [5, 5.41) is 2.98. The van der Waals surface area contributed by atoms with Gasteiger partial charge in [0.1, 0.15) is 0 Å². The van der Waals surface area contributed by atoms with Gasteiger partial charge in [-0.1, -0.05) is 17.7 Å². The first-order valence-corrected chi connectivity index (χ1v) is 9.09. The Labute approximate surface area is 143 Å². The van der Waals surface area contributed by atoms with Crippen LogP contribution in [0.2, 0.25) is 0 Å². The molecule has 0 atom stereocenters. The van der Waals surface area contributed by atoms with Crippen LogP contribution in [0.15, 0.2) is 35.9 Å². The molecule has 1 heterocycles. The summed E-state index contributed by atoms with van der Waals surface area (Å²) in [4.78, 5) is 26.6. The third-order valence-corrected chi connectivity index (χ3v) is 4.88. The lowest BCUT2D eigenvalue weighted by Gasteiger charge is -2.16. The molecule has 0 unspecified atom stereocenters. The molecule has 4 nitrogen and oxygen atoms in total. The Hall–Kier alpha value is -2.10. The molecule has 0 radical (unpaired) electrons. The molecule has 1 fully saturated rings. The second kappa shape index (κ2) is 8.13. The van der Waals surface area contributed by atoms with E-state index in [-0.39, 0.29) is 11.8 Å². The van der Waals surface area contributed by atoms with Crippen LogP contribution in [0, 0.1) is 0 Å². The standard InChI is InChI=1S/C20H26N2O2/c23-19(21-12-11-16-7-2-1-3-8-16)17-9-6-10-18(15-17)20(24)22-13-4-5-14-22/h6-7,9-10,15H,1-5,8,11-14H2,(H,21,23). The zero-order valence-electron chi connectivity index (χ0n) is 14.2. The number of benzene rings is 1. The van der Waals surface area contributed by atoms with E-state index in [9.17, 15) is 9.59 Å². The molecule has 0 saturated carbocycles. The maximum atomic E-state index is 12.4. The Morgan fingerprint density at radius 1 is 1.04 bits per heavy atom. The van der Waals surface area contributed by atoms with Crippen molar-refractivity contribution in [1.29, 1.82) is 0 Å². The Bertz CT molecular complexity index is 630. The van der Waals surface area contributed by atoms with Crippen molar-refractivity contribution in [3.05, 3.63) is 47.0 Å². The molecule has 128 valence electrons. The van der Waals surface area contributed by atoms with Gasteiger partial charge in [0.05, 0.1) is 0 Å². The van der Waals surface area contributed by atoms with Crippen molar-refractivity contribution in [2.24, 2.45) is 0 Å². The van der Waals surface area contributed by atoms with Gasteiger partial charge in [0.25, 0.3) is 11.8 Å². The number of nitrogens with zero attached hydrogens (tertiary/aromatic N) is 1. The minimum absolute atomic E-state index is 0.0366. The van der Waals surface area contributed by atoms with Gasteiger partial charge in [-0.3, -0.25) is 9.59 Å². The first kappa shape index (κ1) is 16.7. The average molecular weight is 326 g/mol. The van der Waals surface area contributed by atoms with Gasteiger partial charge in [0, 0.05) is 30.8 Å². The number of amides is 2. The molecule has 2 amide bonds. The fourth-order valence-electron chi connectivity index (χ4n) is 3.47. The summed E-state index contributed by atoms with van der Waals surface area (Å²) in [6.07, 6.45) is 10.3. The maximum absolute atomic E-state index is 12.4. The Balaban J connectivity index is 1.55. The lowest BCUT2D eigenvalue weighted by molar-refractivity contribution is 0.0793. The molecule has 1 aromatic rings. The zero-order valence-corrected chi connectivity index (χ0v) is 14.2. The van der Waals surface area contributed by atoms with E-state index >= 15 is 0 Å². The summed E-state index contributed by atoms with van der Waals surface area (Å²) in [5.74, 6) is -0.0583. The average Bonchev–Trinajstić information content (AvgIpc) is 3.16. The molecule has 1 aliphatic carbocycles. The summed E-state index contributed by atoms with van der Waals surface area (Å²) in [6.45, 7) is 2.31. The highest BCUT2D eigenvalue weighted by molar-refractivity contribution is 5.99. The summed E-state index contributed by atoms with van der Waals surface area (Å²) < 4.78 is 0. The van der Waals surface area contributed by atoms with Crippen LogP contribution in [0.25, 0.3) is 0 Å². The molecule has 24 heavy (non-hydrogen) atoms. The molecular weight excluding hydrogens is 300 g/mol. The van der Waals surface area contributed by atoms with Crippen LogP contribution in [-0.4, -0.2) is 36.3 Å². The van der Waals surface area contributed by atoms with Gasteiger partial charge in [0.2, 0.25) is 0 Å². The van der Waals surface area contributed by atoms with E-state index in [1.807, 2.05) is 4.90 Å². The first-order chi connectivity index (χ1) is 11.7. The van der Waals surface area contributed by atoms with E-state index in [0.29, 0.717) is 17.7 Å². The monoisotopic (exact) mass is 326 g/mol. The summed E-state index contributed by atoms with van der Waals surface area (Å²) >= 11 is 0. The predicted molar refractivity (Wildman–Crippen MR) is 95.1 cm³/mol. The third-order valence-electron chi connectivity index (χ3n) is 4.88. The van der Waals surface area contributed by atoms with Gasteiger partial charge in [-0.2, -0.15) is 0 Å². The van der Waals surface area contributed by atoms with Crippen LogP contribution in [-0.2, 0) is 0 Å². The quantitative estimate of drug-likeness (QED) is 0.841. The summed E-state index contributed by atoms with van der Waals surface area (Å²) in [5.41, 5.74) is 2.64. The molecule has 0 bridgehead atoms. The molecule has 0 aromatic heterocycles. The lowest BCUT2D eigenvalue weighted by Crippen LogP contribution is -2.28. The van der Waals surface area contributed by atoms with Crippen molar-refractivity contribution >= 4 is 11.8 Å². The Kier molecular flexibility index (Phi) is 5.68. The molecule has 4 heteroatoms. The van der Waals surface area contributed by atoms with E-state index in [1.165, 1.54) is 24.8 Å². The van der Waals surface area contributed by atoms with Crippen LogP contribution in [0.5, 0.6) is 0 Å². The smallest absolute Gasteiger partial charge is 0.253 e. The van der Waals surface area contributed by atoms with Crippen molar-refractivity contribution < 1.29 is 9.59 Å². The Morgan fingerprint density at radius 3 is 2.58 bits per heavy atom. The first-order valence-electron chi connectivity index (χ1n) is 9.09. The topological polar surface area (TPSA) is 49.4 Å². The van der Waals surface area contributed by atoms with E-state index in [4.69, 9.17) is 0 Å². The molecule has 1 aromatic carbocycles. The maximum Gasteiger partial charge on any atom is 0.253 e. The van der Waals surface area contributed by atoms with E-state index < -0.39 is 0 Å². The van der Waals surface area contributed by atoms with Gasteiger partial charge in [0.15, 0.2) is 0 Å². The van der Waals surface area contributed by atoms with Crippen molar-refractivity contribution in [3.8, 4) is 0 Å². The fraction of sp³-hybridized carbons (Fsp3) is 0.500. The second-order valence-electron chi connectivity index (χ2n) is 6.69. The molecule has 2 aliphatic rings. The number of carbonyl (C=O) groups excluding carboxylic acids is 2. The van der Waals surface area contributed by atoms with Crippen LogP contribution < -0.4 is 5.32 Å². The molecular formula is C20H26N2O2. The highest BCUT2D eigenvalue weighted by atomic mass is 16.2. The Morgan fingerprint density at radius 2 is 1.83 bits per heavy atom. The van der Waals surface area contributed by atoms with Crippen LogP contribution in [0.1, 0.15) is 65.7 Å². The van der Waals surface area contributed by atoms with Crippen molar-refractivity contribution in [2.45, 2.75) is 44.9 Å². The number of allylic oxidation sites excluding steroid dienone is 1. The van der Waals surface area contributed by atoms with Gasteiger partial charge < -0.3 is 10.2 Å². The minimum Gasteiger partial charge on any atom is -0.352 e. The predicted octanol–water partition coefficient (Wildman–Crippen LogP) is 3.54. The van der Waals surface area contributed by atoms with E-state index in [1.54, 1.807) is 24.3 Å². The number of carbonyl (C=O) groups is 2. The van der Waals surface area contributed by atoms with Crippen molar-refractivity contribution in [1.82, 2.24) is 10.2 Å². The number of nitrogens with one attached hydrogen (secondary N) is 1. The highest BCUT2D eigenvalue weighted by Crippen LogP contribution is 2.19. The van der Waals surface area contributed by atoms with E-state index in [2.05, 4.69) is 11.4 Å². The van der Waals surface area contributed by atoms with Crippen LogP contribution >= 0.6 is 0 Å². The number of hydrogen-bond acceptors (Lipinski definition) is 2. The van der Waals surface area contributed by atoms with Gasteiger partial charge in [-0.05, 0) is 63.1 Å². The fourth-order valence-corrected chi connectivity index (χ4v) is 3.47. The van der Waals surface area contributed by atoms with Gasteiger partial charge in [-0.25, -0.2) is 0 Å². The SMILES string of the molecule is O=C(NCCC1=CCCCC1)c1cccc(C(=O)N2CCCC2)c1. The lowest BCUT2D eigenvalue weighted by atomic mass is 9.97. The molecule has 1 saturated heterocycles. The normalized spacial score (nSPS) is 17.5. The van der Waals surface area contributed by atoms with Gasteiger partial charge >= 0.3 is 0 Å². The second-order valence-corrected chi connectivity index (χ2v) is 6.69. The summed E-state index contributed by atoms with van der Waals surface area (Å²) in [6, 6.07) is 7.08. The number of hydrogen-bond donors (Lipinski definition) is 1. The van der Waals surface area contributed by atoms with Crippen molar-refractivity contribution in [3.63, 3.8) is 0 Å². The van der Waals surface area contributed by atoms with Crippen LogP contribution in [0.3, 0.4) is 0 Å². The number of likely N-dealkylation sites (tertiary alicyclic amines) is 1. The van der Waals surface area contributed by atoms with Gasteiger partial charge in [-0.15, -0.1) is 0 Å². The molecule has 1 aliphatic heterocycles. The highest BCUT2D eigenvalue weighted by Gasteiger charge is 2.20. The third kappa shape index (κ3) is 4.25. The molecule has 0 spiro atoms. The van der Waals surface area contributed by atoms with Crippen molar-refractivity contribution in [2.75, 3.05) is 19.6 Å². The number of rotatable bonds is 5. The van der Waals surface area contributed by atoms with E-state index in [0.717, 1.165) is 38.8 Å². The molecule has 3 rings (SSSR count). The largest absolute Gasteiger partial charge is 0.352 e. The molecule has 1 N–H and O–H groups in total. The van der Waals surface area contributed by atoms with Crippen LogP contribution in [0.4, 0.5) is 0 Å². The summed E-state index contributed by atoms with van der Waals surface area (Å²) in [7, 11) is 0. The minimum atomic E-state index is -0.0949. The zero-order chi connectivity index (χ0) is 16.8.